The van der Waals surface area contributed by atoms with Crippen LogP contribution in [-0.2, 0) is 0 Å². The van der Waals surface area contributed by atoms with Gasteiger partial charge in [0.25, 0.3) is 5.91 Å². The lowest BCUT2D eigenvalue weighted by molar-refractivity contribution is 0.0170. The third-order valence-electron chi connectivity index (χ3n) is 2.84. The Balaban J connectivity index is 1.53. The number of hydrogen-bond acceptors (Lipinski definition) is 4. The van der Waals surface area contributed by atoms with Crippen molar-refractivity contribution < 1.29 is 14.1 Å². The Morgan fingerprint density at radius 3 is 2.72 bits per heavy atom. The van der Waals surface area contributed by atoms with Crippen LogP contribution in [0.1, 0.15) is 10.5 Å². The second-order valence-electron chi connectivity index (χ2n) is 4.15. The maximum absolute atomic E-state index is 11.8. The Labute approximate surface area is 104 Å². The molecule has 2 aromatic rings. The quantitative estimate of drug-likeness (QED) is 0.822. The number of carbonyl (C=O) groups is 1. The van der Waals surface area contributed by atoms with Gasteiger partial charge in [-0.15, -0.1) is 0 Å². The van der Waals surface area contributed by atoms with E-state index in [1.165, 1.54) is 6.26 Å². The van der Waals surface area contributed by atoms with E-state index in [0.717, 1.165) is 5.75 Å². The van der Waals surface area contributed by atoms with E-state index in [0.29, 0.717) is 18.8 Å². The Morgan fingerprint density at radius 2 is 2.06 bits per heavy atom. The standard InChI is InChI=1S/C13H12N2O3/c16-13(12-6-7-17-14-12)15-8-11(9-15)18-10-4-2-1-3-5-10/h1-7,11H,8-9H2. The Morgan fingerprint density at radius 1 is 1.28 bits per heavy atom. The van der Waals surface area contributed by atoms with E-state index in [-0.39, 0.29) is 12.0 Å². The maximum Gasteiger partial charge on any atom is 0.276 e. The normalized spacial score (nSPS) is 15.2. The first-order chi connectivity index (χ1) is 8.83. The van der Waals surface area contributed by atoms with Crippen molar-refractivity contribution in [3.8, 4) is 5.75 Å². The van der Waals surface area contributed by atoms with Gasteiger partial charge in [0.2, 0.25) is 0 Å². The number of nitrogens with zero attached hydrogens (tertiary/aromatic N) is 2. The predicted molar refractivity (Wildman–Crippen MR) is 63.3 cm³/mol. The van der Waals surface area contributed by atoms with E-state index in [4.69, 9.17) is 4.74 Å². The van der Waals surface area contributed by atoms with Crippen LogP contribution in [0.15, 0.2) is 47.2 Å². The number of aromatic nitrogens is 1. The molecule has 0 aliphatic carbocycles. The van der Waals surface area contributed by atoms with Crippen LogP contribution in [0.5, 0.6) is 5.75 Å². The van der Waals surface area contributed by atoms with Gasteiger partial charge < -0.3 is 14.2 Å². The molecule has 0 radical (unpaired) electrons. The molecule has 0 N–H and O–H groups in total. The van der Waals surface area contributed by atoms with E-state index in [1.54, 1.807) is 11.0 Å². The van der Waals surface area contributed by atoms with Crippen LogP contribution in [0.2, 0.25) is 0 Å². The van der Waals surface area contributed by atoms with Crippen molar-refractivity contribution in [2.75, 3.05) is 13.1 Å². The third-order valence-corrected chi connectivity index (χ3v) is 2.84. The average molecular weight is 244 g/mol. The van der Waals surface area contributed by atoms with Crippen molar-refractivity contribution in [2.24, 2.45) is 0 Å². The SMILES string of the molecule is O=C(c1ccon1)N1CC(Oc2ccccc2)C1. The summed E-state index contributed by atoms with van der Waals surface area (Å²) in [4.78, 5) is 13.5. The molecule has 1 amide bonds. The first-order valence-electron chi connectivity index (χ1n) is 5.74. The molecule has 92 valence electrons. The Bertz CT molecular complexity index is 518. The average Bonchev–Trinajstić information content (AvgIpc) is 2.87. The highest BCUT2D eigenvalue weighted by Crippen LogP contribution is 2.19. The van der Waals surface area contributed by atoms with Gasteiger partial charge in [-0.05, 0) is 12.1 Å². The molecule has 3 rings (SSSR count). The topological polar surface area (TPSA) is 55.6 Å². The van der Waals surface area contributed by atoms with Gasteiger partial charge >= 0.3 is 0 Å². The summed E-state index contributed by atoms with van der Waals surface area (Å²) < 4.78 is 10.4. The van der Waals surface area contributed by atoms with Crippen LogP contribution in [-0.4, -0.2) is 35.2 Å². The molecular formula is C13H12N2O3. The molecule has 1 aliphatic rings. The lowest BCUT2D eigenvalue weighted by atomic mass is 10.1. The largest absolute Gasteiger partial charge is 0.487 e. The van der Waals surface area contributed by atoms with Crippen molar-refractivity contribution in [2.45, 2.75) is 6.10 Å². The summed E-state index contributed by atoms with van der Waals surface area (Å²) in [6.45, 7) is 1.17. The lowest BCUT2D eigenvalue weighted by Crippen LogP contribution is -2.56. The molecule has 18 heavy (non-hydrogen) atoms. The van der Waals surface area contributed by atoms with Gasteiger partial charge in [0.05, 0.1) is 13.1 Å². The van der Waals surface area contributed by atoms with Crippen molar-refractivity contribution >= 4 is 5.91 Å². The molecule has 5 heteroatoms. The molecule has 1 aromatic heterocycles. The smallest absolute Gasteiger partial charge is 0.276 e. The zero-order valence-electron chi connectivity index (χ0n) is 9.65. The fourth-order valence-corrected chi connectivity index (χ4v) is 1.85. The summed E-state index contributed by atoms with van der Waals surface area (Å²) in [5.41, 5.74) is 0.341. The summed E-state index contributed by atoms with van der Waals surface area (Å²) >= 11 is 0. The lowest BCUT2D eigenvalue weighted by Gasteiger charge is -2.38. The van der Waals surface area contributed by atoms with Crippen molar-refractivity contribution in [1.82, 2.24) is 10.1 Å². The fourth-order valence-electron chi connectivity index (χ4n) is 1.85. The van der Waals surface area contributed by atoms with Gasteiger partial charge in [0.15, 0.2) is 5.69 Å². The van der Waals surface area contributed by atoms with E-state index in [9.17, 15) is 4.79 Å². The van der Waals surface area contributed by atoms with Crippen molar-refractivity contribution in [1.29, 1.82) is 0 Å². The first kappa shape index (κ1) is 10.8. The van der Waals surface area contributed by atoms with Gasteiger partial charge in [-0.3, -0.25) is 4.79 Å². The number of hydrogen-bond donors (Lipinski definition) is 0. The molecule has 0 saturated carbocycles. The summed E-state index contributed by atoms with van der Waals surface area (Å²) in [6, 6.07) is 11.2. The molecule has 0 unspecified atom stereocenters. The summed E-state index contributed by atoms with van der Waals surface area (Å²) in [5, 5.41) is 3.62. The van der Waals surface area contributed by atoms with Gasteiger partial charge in [-0.1, -0.05) is 23.4 Å². The number of carbonyl (C=O) groups excluding carboxylic acids is 1. The Kier molecular flexibility index (Phi) is 2.72. The summed E-state index contributed by atoms with van der Waals surface area (Å²) in [6.07, 6.45) is 1.45. The van der Waals surface area contributed by atoms with Crippen molar-refractivity contribution in [3.05, 3.63) is 48.4 Å². The van der Waals surface area contributed by atoms with Gasteiger partial charge in [0.1, 0.15) is 18.1 Å². The third kappa shape index (κ3) is 2.07. The van der Waals surface area contributed by atoms with Crippen LogP contribution < -0.4 is 4.74 Å². The van der Waals surface area contributed by atoms with E-state index in [1.807, 2.05) is 30.3 Å². The first-order valence-corrected chi connectivity index (χ1v) is 5.74. The predicted octanol–water partition coefficient (Wildman–Crippen LogP) is 1.58. The number of rotatable bonds is 3. The van der Waals surface area contributed by atoms with Gasteiger partial charge in [-0.2, -0.15) is 0 Å². The molecular weight excluding hydrogens is 232 g/mol. The molecule has 1 saturated heterocycles. The molecule has 0 spiro atoms. The van der Waals surface area contributed by atoms with Crippen LogP contribution in [0.25, 0.3) is 0 Å². The van der Waals surface area contributed by atoms with E-state index in [2.05, 4.69) is 9.68 Å². The number of benzene rings is 1. The monoisotopic (exact) mass is 244 g/mol. The fraction of sp³-hybridized carbons (Fsp3) is 0.231. The number of ether oxygens (including phenoxy) is 1. The molecule has 1 aromatic carbocycles. The van der Waals surface area contributed by atoms with Crippen LogP contribution in [0, 0.1) is 0 Å². The number of para-hydroxylation sites is 1. The maximum atomic E-state index is 11.8. The summed E-state index contributed by atoms with van der Waals surface area (Å²) in [7, 11) is 0. The van der Waals surface area contributed by atoms with E-state index < -0.39 is 0 Å². The molecule has 2 heterocycles. The summed E-state index contributed by atoms with van der Waals surface area (Å²) in [5.74, 6) is 0.715. The minimum atomic E-state index is -0.114. The minimum Gasteiger partial charge on any atom is -0.487 e. The molecule has 0 bridgehead atoms. The molecule has 1 fully saturated rings. The number of likely N-dealkylation sites (tertiary alicyclic amines) is 1. The second-order valence-corrected chi connectivity index (χ2v) is 4.15. The van der Waals surface area contributed by atoms with Crippen LogP contribution >= 0.6 is 0 Å². The van der Waals surface area contributed by atoms with E-state index >= 15 is 0 Å². The minimum absolute atomic E-state index is 0.0586. The van der Waals surface area contributed by atoms with Gasteiger partial charge in [0, 0.05) is 6.07 Å². The van der Waals surface area contributed by atoms with Crippen LogP contribution in [0.3, 0.4) is 0 Å². The highest BCUT2D eigenvalue weighted by atomic mass is 16.5. The molecule has 0 atom stereocenters. The van der Waals surface area contributed by atoms with Crippen LogP contribution in [0.4, 0.5) is 0 Å². The zero-order chi connectivity index (χ0) is 12.4. The van der Waals surface area contributed by atoms with Crippen molar-refractivity contribution in [3.63, 3.8) is 0 Å². The number of amides is 1. The van der Waals surface area contributed by atoms with Gasteiger partial charge in [-0.25, -0.2) is 0 Å². The zero-order valence-corrected chi connectivity index (χ0v) is 9.65. The Hall–Kier alpha value is -2.30. The second kappa shape index (κ2) is 4.52. The molecule has 5 nitrogen and oxygen atoms in total. The highest BCUT2D eigenvalue weighted by molar-refractivity contribution is 5.92. The highest BCUT2D eigenvalue weighted by Gasteiger charge is 2.33. The molecule has 1 aliphatic heterocycles.